The summed E-state index contributed by atoms with van der Waals surface area (Å²) in [5, 5.41) is 5.27. The second-order valence-corrected chi connectivity index (χ2v) is 8.44. The summed E-state index contributed by atoms with van der Waals surface area (Å²) in [5.74, 6) is -0.00700. The number of hydrogen-bond acceptors (Lipinski definition) is 6. The Balaban J connectivity index is 1.80. The quantitative estimate of drug-likeness (QED) is 0.711. The number of rotatable bonds is 7. The molecule has 154 valence electrons. The van der Waals surface area contributed by atoms with Crippen LogP contribution in [0.15, 0.2) is 42.5 Å². The van der Waals surface area contributed by atoms with Crippen molar-refractivity contribution in [3.63, 3.8) is 0 Å². The number of anilines is 3. The summed E-state index contributed by atoms with van der Waals surface area (Å²) in [7, 11) is -3.72. The topological polar surface area (TPSA) is 114 Å². The number of amides is 2. The summed E-state index contributed by atoms with van der Waals surface area (Å²) in [5.41, 5.74) is 1.25. The molecule has 29 heavy (non-hydrogen) atoms. The van der Waals surface area contributed by atoms with Crippen LogP contribution in [0.1, 0.15) is 13.8 Å². The smallest absolute Gasteiger partial charge is 0.245 e. The molecule has 1 aliphatic heterocycles. The average molecular weight is 419 g/mol. The van der Waals surface area contributed by atoms with E-state index < -0.39 is 22.5 Å². The average Bonchev–Trinajstić information content (AvgIpc) is 3.13. The van der Waals surface area contributed by atoms with Gasteiger partial charge < -0.3 is 20.1 Å². The molecule has 0 unspecified atom stereocenters. The first-order valence-electron chi connectivity index (χ1n) is 8.86. The molecule has 2 aromatic rings. The van der Waals surface area contributed by atoms with E-state index in [-0.39, 0.29) is 18.5 Å². The standard InChI is InChI=1S/C19H21N3O6S/c1-3-29(25,26)22(16-7-8-17-18(10-16)28-12-27-17)11-19(24)21-15-6-4-5-14(9-15)20-13(2)23/h4-10H,3,11-12H2,1-2H3,(H,20,23)(H,21,24). The number of ether oxygens (including phenoxy) is 2. The Hall–Kier alpha value is -3.27. The summed E-state index contributed by atoms with van der Waals surface area (Å²) in [6.45, 7) is 2.53. The van der Waals surface area contributed by atoms with Crippen molar-refractivity contribution in [2.75, 3.05) is 34.0 Å². The minimum Gasteiger partial charge on any atom is -0.454 e. The van der Waals surface area contributed by atoms with E-state index in [1.165, 1.54) is 19.9 Å². The fourth-order valence-electron chi connectivity index (χ4n) is 2.76. The van der Waals surface area contributed by atoms with Gasteiger partial charge in [0.15, 0.2) is 11.5 Å². The number of benzene rings is 2. The van der Waals surface area contributed by atoms with Crippen LogP contribution in [0.3, 0.4) is 0 Å². The van der Waals surface area contributed by atoms with Crippen LogP contribution in [0.4, 0.5) is 17.1 Å². The van der Waals surface area contributed by atoms with Crippen LogP contribution in [0, 0.1) is 0 Å². The van der Waals surface area contributed by atoms with Gasteiger partial charge in [-0.2, -0.15) is 0 Å². The Kier molecular flexibility index (Phi) is 5.92. The summed E-state index contributed by atoms with van der Waals surface area (Å²) >= 11 is 0. The van der Waals surface area contributed by atoms with Crippen LogP contribution >= 0.6 is 0 Å². The second kappa shape index (κ2) is 8.39. The van der Waals surface area contributed by atoms with Gasteiger partial charge in [-0.05, 0) is 37.3 Å². The fraction of sp³-hybridized carbons (Fsp3) is 0.263. The molecule has 0 aliphatic carbocycles. The predicted octanol–water partition coefficient (Wildman–Crippen LogP) is 2.17. The van der Waals surface area contributed by atoms with Gasteiger partial charge >= 0.3 is 0 Å². The van der Waals surface area contributed by atoms with Crippen LogP contribution in [0.5, 0.6) is 11.5 Å². The molecule has 9 nitrogen and oxygen atoms in total. The SMILES string of the molecule is CCS(=O)(=O)N(CC(=O)Nc1cccc(NC(C)=O)c1)c1ccc2c(c1)OCO2. The lowest BCUT2D eigenvalue weighted by Crippen LogP contribution is -2.39. The van der Waals surface area contributed by atoms with Crippen molar-refractivity contribution in [3.8, 4) is 11.5 Å². The monoisotopic (exact) mass is 419 g/mol. The first kappa shape index (κ1) is 20.5. The molecule has 0 saturated carbocycles. The third-order valence-corrected chi connectivity index (χ3v) is 5.84. The highest BCUT2D eigenvalue weighted by molar-refractivity contribution is 7.92. The molecular weight excluding hydrogens is 398 g/mol. The van der Waals surface area contributed by atoms with Crippen LogP contribution in [0.25, 0.3) is 0 Å². The molecule has 3 rings (SSSR count). The molecule has 0 fully saturated rings. The number of carbonyl (C=O) groups is 2. The van der Waals surface area contributed by atoms with Crippen molar-refractivity contribution in [1.82, 2.24) is 0 Å². The van der Waals surface area contributed by atoms with Crippen molar-refractivity contribution in [3.05, 3.63) is 42.5 Å². The van der Waals surface area contributed by atoms with Crippen LogP contribution < -0.4 is 24.4 Å². The molecule has 2 N–H and O–H groups in total. The van der Waals surface area contributed by atoms with E-state index in [1.807, 2.05) is 0 Å². The Morgan fingerprint density at radius 1 is 1.03 bits per heavy atom. The van der Waals surface area contributed by atoms with Gasteiger partial charge in [0, 0.05) is 24.4 Å². The van der Waals surface area contributed by atoms with E-state index >= 15 is 0 Å². The Morgan fingerprint density at radius 3 is 2.41 bits per heavy atom. The number of fused-ring (bicyclic) bond motifs is 1. The molecule has 1 heterocycles. The van der Waals surface area contributed by atoms with Gasteiger partial charge in [-0.1, -0.05) is 6.07 Å². The van der Waals surface area contributed by atoms with Gasteiger partial charge in [-0.3, -0.25) is 13.9 Å². The largest absolute Gasteiger partial charge is 0.454 e. The molecule has 10 heteroatoms. The van der Waals surface area contributed by atoms with Crippen LogP contribution in [-0.4, -0.2) is 39.3 Å². The first-order valence-corrected chi connectivity index (χ1v) is 10.5. The van der Waals surface area contributed by atoms with Gasteiger partial charge in [0.05, 0.1) is 11.4 Å². The highest BCUT2D eigenvalue weighted by atomic mass is 32.2. The van der Waals surface area contributed by atoms with Crippen molar-refractivity contribution in [1.29, 1.82) is 0 Å². The molecule has 0 aromatic heterocycles. The molecular formula is C19H21N3O6S. The maximum atomic E-state index is 12.6. The Morgan fingerprint density at radius 2 is 1.72 bits per heavy atom. The van der Waals surface area contributed by atoms with Gasteiger partial charge in [0.1, 0.15) is 6.54 Å². The third kappa shape index (κ3) is 4.96. The number of sulfonamides is 1. The number of carbonyl (C=O) groups excluding carboxylic acids is 2. The lowest BCUT2D eigenvalue weighted by Gasteiger charge is -2.23. The van der Waals surface area contributed by atoms with E-state index in [1.54, 1.807) is 36.4 Å². The Bertz CT molecular complexity index is 1040. The van der Waals surface area contributed by atoms with Crippen LogP contribution in [0.2, 0.25) is 0 Å². The molecule has 0 saturated heterocycles. The van der Waals surface area contributed by atoms with E-state index in [0.717, 1.165) is 4.31 Å². The third-order valence-electron chi connectivity index (χ3n) is 4.10. The normalized spacial score (nSPS) is 12.3. The molecule has 0 atom stereocenters. The molecule has 0 bridgehead atoms. The van der Waals surface area contributed by atoms with Gasteiger partial charge in [-0.25, -0.2) is 8.42 Å². The molecule has 2 amide bonds. The van der Waals surface area contributed by atoms with Gasteiger partial charge in [0.2, 0.25) is 28.6 Å². The zero-order valence-corrected chi connectivity index (χ0v) is 16.8. The van der Waals surface area contributed by atoms with E-state index in [0.29, 0.717) is 28.6 Å². The fourth-order valence-corrected chi connectivity index (χ4v) is 3.82. The van der Waals surface area contributed by atoms with Crippen LogP contribution in [-0.2, 0) is 19.6 Å². The first-order chi connectivity index (χ1) is 13.8. The zero-order chi connectivity index (χ0) is 21.0. The van der Waals surface area contributed by atoms with Gasteiger partial charge in [0.25, 0.3) is 0 Å². The van der Waals surface area contributed by atoms with Gasteiger partial charge in [-0.15, -0.1) is 0 Å². The van der Waals surface area contributed by atoms with Crippen molar-refractivity contribution < 1.29 is 27.5 Å². The number of nitrogens with one attached hydrogen (secondary N) is 2. The molecule has 2 aromatic carbocycles. The van der Waals surface area contributed by atoms with Crippen molar-refractivity contribution in [2.24, 2.45) is 0 Å². The summed E-state index contributed by atoms with van der Waals surface area (Å²) in [6, 6.07) is 11.3. The lowest BCUT2D eigenvalue weighted by molar-refractivity contribution is -0.115. The van der Waals surface area contributed by atoms with E-state index in [9.17, 15) is 18.0 Å². The minimum atomic E-state index is -3.72. The van der Waals surface area contributed by atoms with E-state index in [4.69, 9.17) is 9.47 Å². The lowest BCUT2D eigenvalue weighted by atomic mass is 10.2. The van der Waals surface area contributed by atoms with E-state index in [2.05, 4.69) is 10.6 Å². The van der Waals surface area contributed by atoms with Crippen molar-refractivity contribution >= 4 is 38.9 Å². The maximum absolute atomic E-state index is 12.6. The highest BCUT2D eigenvalue weighted by Gasteiger charge is 2.26. The Labute approximate surface area is 168 Å². The second-order valence-electron chi connectivity index (χ2n) is 6.25. The summed E-state index contributed by atoms with van der Waals surface area (Å²) in [6.07, 6.45) is 0. The molecule has 0 radical (unpaired) electrons. The summed E-state index contributed by atoms with van der Waals surface area (Å²) < 4.78 is 36.8. The number of hydrogen-bond donors (Lipinski definition) is 2. The molecule has 1 aliphatic rings. The number of nitrogens with zero attached hydrogens (tertiary/aromatic N) is 1. The van der Waals surface area contributed by atoms with Crippen molar-refractivity contribution in [2.45, 2.75) is 13.8 Å². The minimum absolute atomic E-state index is 0.0600. The predicted molar refractivity (Wildman–Crippen MR) is 109 cm³/mol. The molecule has 0 spiro atoms. The maximum Gasteiger partial charge on any atom is 0.245 e. The highest BCUT2D eigenvalue weighted by Crippen LogP contribution is 2.36. The zero-order valence-electron chi connectivity index (χ0n) is 16.0. The summed E-state index contributed by atoms with van der Waals surface area (Å²) in [4.78, 5) is 23.7.